The molecule has 174 valence electrons. The van der Waals surface area contributed by atoms with E-state index in [1.807, 2.05) is 0 Å². The zero-order valence-corrected chi connectivity index (χ0v) is 17.7. The molecule has 32 heavy (non-hydrogen) atoms. The summed E-state index contributed by atoms with van der Waals surface area (Å²) in [6, 6.07) is 0.892. The average Bonchev–Trinajstić information content (AvgIpc) is 3.37. The van der Waals surface area contributed by atoms with E-state index in [-0.39, 0.29) is 16.9 Å². The summed E-state index contributed by atoms with van der Waals surface area (Å²) in [4.78, 5) is 30.2. The van der Waals surface area contributed by atoms with E-state index in [1.165, 1.54) is 24.4 Å². The van der Waals surface area contributed by atoms with Gasteiger partial charge >= 0.3 is 11.9 Å². The van der Waals surface area contributed by atoms with Gasteiger partial charge in [0.15, 0.2) is 16.9 Å². The van der Waals surface area contributed by atoms with E-state index in [0.29, 0.717) is 19.4 Å². The minimum Gasteiger partial charge on any atom is -0.375 e. The lowest BCUT2D eigenvalue weighted by atomic mass is 9.89. The van der Waals surface area contributed by atoms with Crippen LogP contribution in [0.3, 0.4) is 0 Å². The first-order chi connectivity index (χ1) is 15.0. The Morgan fingerprint density at radius 1 is 1.22 bits per heavy atom. The van der Waals surface area contributed by atoms with Crippen molar-refractivity contribution in [2.45, 2.75) is 63.9 Å². The maximum Gasteiger partial charge on any atom is 0.422 e. The Labute approximate surface area is 180 Å². The van der Waals surface area contributed by atoms with E-state index in [2.05, 4.69) is 10.1 Å². The normalized spacial score (nSPS) is 17.7. The third-order valence-electron chi connectivity index (χ3n) is 6.20. The number of halogens is 3. The first-order valence-electron chi connectivity index (χ1n) is 10.4. The maximum absolute atomic E-state index is 13.2. The van der Waals surface area contributed by atoms with Gasteiger partial charge in [0.2, 0.25) is 5.60 Å². The molecule has 0 saturated heterocycles. The van der Waals surface area contributed by atoms with Crippen LogP contribution in [0.4, 0.5) is 13.2 Å². The average molecular weight is 455 g/mol. The zero-order chi connectivity index (χ0) is 23.3. The molecule has 9 nitrogen and oxygen atoms in total. The number of imidazole rings is 1. The number of rotatable bonds is 5. The van der Waals surface area contributed by atoms with Crippen LogP contribution in [0, 0.1) is 5.92 Å². The van der Waals surface area contributed by atoms with Gasteiger partial charge in [-0.2, -0.15) is 13.2 Å². The van der Waals surface area contributed by atoms with E-state index in [4.69, 9.17) is 4.52 Å². The number of hydrogen-bond acceptors (Lipinski definition) is 6. The highest BCUT2D eigenvalue weighted by Gasteiger charge is 2.53. The number of hydrogen-bond donors (Lipinski definition) is 1. The highest BCUT2D eigenvalue weighted by atomic mass is 19.4. The van der Waals surface area contributed by atoms with Crippen molar-refractivity contribution in [3.05, 3.63) is 44.7 Å². The molecule has 0 spiro atoms. The fourth-order valence-corrected chi connectivity index (χ4v) is 4.17. The zero-order valence-electron chi connectivity index (χ0n) is 17.7. The van der Waals surface area contributed by atoms with E-state index >= 15 is 0 Å². The van der Waals surface area contributed by atoms with Crippen LogP contribution in [0.1, 0.15) is 50.5 Å². The van der Waals surface area contributed by atoms with Crippen molar-refractivity contribution >= 4 is 11.2 Å². The molecule has 4 rings (SSSR count). The van der Waals surface area contributed by atoms with Crippen molar-refractivity contribution in [3.8, 4) is 0 Å². The molecule has 0 radical (unpaired) electrons. The number of aryl methyl sites for hydroxylation is 1. The van der Waals surface area contributed by atoms with Crippen LogP contribution in [-0.2, 0) is 25.7 Å². The number of alkyl halides is 3. The smallest absolute Gasteiger partial charge is 0.375 e. The highest BCUT2D eigenvalue weighted by molar-refractivity contribution is 5.70. The summed E-state index contributed by atoms with van der Waals surface area (Å²) in [5, 5.41) is 13.1. The van der Waals surface area contributed by atoms with Gasteiger partial charge in [-0.05, 0) is 25.7 Å². The van der Waals surface area contributed by atoms with Gasteiger partial charge < -0.3 is 14.2 Å². The summed E-state index contributed by atoms with van der Waals surface area (Å²) in [6.07, 6.45) is 2.14. The molecule has 3 aromatic heterocycles. The number of fused-ring (bicyclic) bond motifs is 1. The third kappa shape index (κ3) is 3.76. The van der Waals surface area contributed by atoms with Crippen molar-refractivity contribution in [1.29, 1.82) is 0 Å². The summed E-state index contributed by atoms with van der Waals surface area (Å²) in [5.74, 6) is 0.245. The topological polar surface area (TPSA) is 108 Å². The van der Waals surface area contributed by atoms with E-state index in [0.717, 1.165) is 36.3 Å². The lowest BCUT2D eigenvalue weighted by Crippen LogP contribution is -2.40. The molecule has 1 aliphatic carbocycles. The van der Waals surface area contributed by atoms with Crippen molar-refractivity contribution in [1.82, 2.24) is 23.8 Å². The largest absolute Gasteiger partial charge is 0.422 e. The molecule has 1 unspecified atom stereocenters. The minimum atomic E-state index is -4.97. The fraction of sp³-hybridized carbons (Fsp3) is 0.600. The second-order valence-electron chi connectivity index (χ2n) is 8.55. The first kappa shape index (κ1) is 22.3. The predicted molar refractivity (Wildman–Crippen MR) is 107 cm³/mol. The highest BCUT2D eigenvalue weighted by Crippen LogP contribution is 2.38. The molecule has 0 aromatic carbocycles. The van der Waals surface area contributed by atoms with Crippen LogP contribution in [0.15, 0.2) is 26.5 Å². The van der Waals surface area contributed by atoms with Crippen molar-refractivity contribution in [2.24, 2.45) is 13.0 Å². The SMILES string of the molecule is Cn1c(=O)n(Cc2cc(C(C)(O)C(F)(F)F)no2)c(=O)c2c1ncn2CC1CCCCC1. The molecule has 1 fully saturated rings. The minimum absolute atomic E-state index is 0.165. The third-order valence-corrected chi connectivity index (χ3v) is 6.20. The molecule has 0 aliphatic heterocycles. The van der Waals surface area contributed by atoms with Gasteiger partial charge in [-0.25, -0.2) is 9.78 Å². The summed E-state index contributed by atoms with van der Waals surface area (Å²) in [7, 11) is 1.47. The summed E-state index contributed by atoms with van der Waals surface area (Å²) in [5.41, 5.74) is -4.80. The van der Waals surface area contributed by atoms with Crippen LogP contribution in [-0.4, -0.2) is 35.1 Å². The van der Waals surface area contributed by atoms with Gasteiger partial charge in [-0.3, -0.25) is 13.9 Å². The molecule has 0 amide bonds. The van der Waals surface area contributed by atoms with Gasteiger partial charge in [0.05, 0.1) is 12.9 Å². The summed E-state index contributed by atoms with van der Waals surface area (Å²) >= 11 is 0. The van der Waals surface area contributed by atoms with Crippen LogP contribution in [0.5, 0.6) is 0 Å². The van der Waals surface area contributed by atoms with Gasteiger partial charge in [0.1, 0.15) is 5.69 Å². The molecule has 12 heteroatoms. The lowest BCUT2D eigenvalue weighted by Gasteiger charge is -2.23. The molecule has 1 saturated carbocycles. The Morgan fingerprint density at radius 2 is 1.91 bits per heavy atom. The fourth-order valence-electron chi connectivity index (χ4n) is 4.17. The van der Waals surface area contributed by atoms with Gasteiger partial charge in [0, 0.05) is 19.7 Å². The number of aromatic nitrogens is 5. The molecular formula is C20H24F3N5O4. The van der Waals surface area contributed by atoms with Crippen LogP contribution >= 0.6 is 0 Å². The Balaban J connectivity index is 1.71. The van der Waals surface area contributed by atoms with Gasteiger partial charge in [-0.1, -0.05) is 24.4 Å². The molecular weight excluding hydrogens is 431 g/mol. The predicted octanol–water partition coefficient (Wildman–Crippen LogP) is 2.28. The van der Waals surface area contributed by atoms with Gasteiger partial charge in [-0.15, -0.1) is 0 Å². The summed E-state index contributed by atoms with van der Waals surface area (Å²) in [6.45, 7) is 0.720. The standard InChI is InChI=1S/C20H24F3N5O4/c1-19(31,20(21,22)23)14-8-13(32-25-14)10-28-17(29)15-16(26(2)18(28)30)24-11-27(15)9-12-6-4-3-5-7-12/h8,11-12,31H,3-7,9-10H2,1-2H3. The quantitative estimate of drug-likeness (QED) is 0.633. The number of aliphatic hydroxyl groups is 1. The van der Waals surface area contributed by atoms with Crippen LogP contribution in [0.2, 0.25) is 0 Å². The maximum atomic E-state index is 13.2. The number of nitrogens with zero attached hydrogens (tertiary/aromatic N) is 5. The van der Waals surface area contributed by atoms with Crippen molar-refractivity contribution in [3.63, 3.8) is 0 Å². The monoisotopic (exact) mass is 455 g/mol. The molecule has 1 aliphatic rings. The molecule has 3 heterocycles. The van der Waals surface area contributed by atoms with Crippen LogP contribution < -0.4 is 11.2 Å². The molecule has 1 N–H and O–H groups in total. The Kier molecular flexibility index (Phi) is 5.51. The Bertz CT molecular complexity index is 1240. The summed E-state index contributed by atoms with van der Waals surface area (Å²) < 4.78 is 47.9. The van der Waals surface area contributed by atoms with Crippen LogP contribution in [0.25, 0.3) is 11.2 Å². The first-order valence-corrected chi connectivity index (χ1v) is 10.4. The van der Waals surface area contributed by atoms with Crippen molar-refractivity contribution in [2.75, 3.05) is 0 Å². The van der Waals surface area contributed by atoms with Gasteiger partial charge in [0.25, 0.3) is 5.56 Å². The Hall–Kier alpha value is -2.89. The van der Waals surface area contributed by atoms with E-state index < -0.39 is 35.3 Å². The lowest BCUT2D eigenvalue weighted by molar-refractivity contribution is -0.260. The van der Waals surface area contributed by atoms with E-state index in [1.54, 1.807) is 4.57 Å². The molecule has 3 aromatic rings. The Morgan fingerprint density at radius 3 is 2.56 bits per heavy atom. The van der Waals surface area contributed by atoms with Crippen molar-refractivity contribution < 1.29 is 22.8 Å². The second-order valence-corrected chi connectivity index (χ2v) is 8.55. The van der Waals surface area contributed by atoms with E-state index in [9.17, 15) is 27.9 Å². The second kappa shape index (κ2) is 7.91. The molecule has 0 bridgehead atoms. The molecule has 1 atom stereocenters.